The fraction of sp³-hybridized carbons (Fsp3) is 0.438. The van der Waals surface area contributed by atoms with E-state index in [1.807, 2.05) is 17.4 Å². The molecule has 0 aromatic heterocycles. The molecular formula is C16H22N2O2S. The van der Waals surface area contributed by atoms with E-state index in [9.17, 15) is 9.35 Å². The molecule has 21 heavy (non-hydrogen) atoms. The fourth-order valence-corrected chi connectivity index (χ4v) is 3.48. The first-order valence-corrected chi connectivity index (χ1v) is 8.33. The minimum absolute atomic E-state index is 0.265. The lowest BCUT2D eigenvalue weighted by atomic mass is 10.0. The van der Waals surface area contributed by atoms with Crippen LogP contribution in [0.2, 0.25) is 0 Å². The number of carbonyl (C=O) groups excluding carboxylic acids is 1. The van der Waals surface area contributed by atoms with E-state index in [0.717, 1.165) is 22.4 Å². The van der Waals surface area contributed by atoms with E-state index in [1.54, 1.807) is 5.41 Å². The van der Waals surface area contributed by atoms with Crippen molar-refractivity contribution in [2.45, 2.75) is 26.7 Å². The van der Waals surface area contributed by atoms with Crippen molar-refractivity contribution in [1.82, 2.24) is 4.31 Å². The lowest BCUT2D eigenvalue weighted by Crippen LogP contribution is -2.37. The van der Waals surface area contributed by atoms with Crippen LogP contribution in [0.3, 0.4) is 0 Å². The van der Waals surface area contributed by atoms with Crippen LogP contribution >= 0.6 is 0 Å². The number of piperidine rings is 1. The van der Waals surface area contributed by atoms with Gasteiger partial charge in [-0.05, 0) is 48.7 Å². The average Bonchev–Trinajstić information content (AvgIpc) is 2.46. The molecular weight excluding hydrogens is 284 g/mol. The molecule has 1 saturated heterocycles. The number of rotatable bonds is 4. The molecule has 0 unspecified atom stereocenters. The maximum absolute atomic E-state index is 12.3. The fourth-order valence-electron chi connectivity index (χ4n) is 2.51. The lowest BCUT2D eigenvalue weighted by molar-refractivity contribution is -0.120. The number of carbonyl (C=O) groups is 1. The van der Waals surface area contributed by atoms with E-state index in [-0.39, 0.29) is 5.78 Å². The molecule has 1 aromatic rings. The van der Waals surface area contributed by atoms with Crippen molar-refractivity contribution in [1.29, 1.82) is 0 Å². The summed E-state index contributed by atoms with van der Waals surface area (Å²) in [4.78, 5) is 11.2. The Balaban J connectivity index is 2.08. The molecule has 5 heteroatoms. The monoisotopic (exact) mass is 306 g/mol. The maximum atomic E-state index is 12.3. The Morgan fingerprint density at radius 2 is 1.81 bits per heavy atom. The van der Waals surface area contributed by atoms with Crippen molar-refractivity contribution in [3.8, 4) is 0 Å². The maximum Gasteiger partial charge on any atom is 0.139 e. The van der Waals surface area contributed by atoms with Crippen molar-refractivity contribution in [2.24, 2.45) is 0 Å². The smallest absolute Gasteiger partial charge is 0.139 e. The summed E-state index contributed by atoms with van der Waals surface area (Å²) in [5.74, 6) is 0.265. The number of hydrogen-bond donors (Lipinski definition) is 1. The second-order valence-corrected chi connectivity index (χ2v) is 6.66. The van der Waals surface area contributed by atoms with Gasteiger partial charge in [-0.3, -0.25) is 4.79 Å². The van der Waals surface area contributed by atoms with Gasteiger partial charge in [0.25, 0.3) is 0 Å². The molecule has 0 spiro atoms. The molecule has 0 radical (unpaired) electrons. The summed E-state index contributed by atoms with van der Waals surface area (Å²) < 4.78 is 14.1. The first kappa shape index (κ1) is 16.1. The van der Waals surface area contributed by atoms with E-state index in [2.05, 4.69) is 31.3 Å². The Morgan fingerprint density at radius 3 is 2.33 bits per heavy atom. The molecule has 0 saturated carbocycles. The van der Waals surface area contributed by atoms with E-state index in [4.69, 9.17) is 0 Å². The van der Waals surface area contributed by atoms with Crippen LogP contribution in [0.15, 0.2) is 17.5 Å². The highest BCUT2D eigenvalue weighted by Crippen LogP contribution is 2.22. The predicted octanol–water partition coefficient (Wildman–Crippen LogP) is 2.64. The zero-order valence-corrected chi connectivity index (χ0v) is 13.6. The Kier molecular flexibility index (Phi) is 5.45. The molecule has 4 nitrogen and oxygen atoms in total. The normalized spacial score (nSPS) is 18.2. The van der Waals surface area contributed by atoms with Crippen molar-refractivity contribution in [2.75, 3.05) is 25.5 Å². The molecule has 0 bridgehead atoms. The minimum Gasteiger partial charge on any atom is -0.593 e. The van der Waals surface area contributed by atoms with Gasteiger partial charge < -0.3 is 9.87 Å². The van der Waals surface area contributed by atoms with E-state index >= 15 is 0 Å². The van der Waals surface area contributed by atoms with Gasteiger partial charge in [-0.1, -0.05) is 0 Å². The molecule has 1 aromatic carbocycles. The summed E-state index contributed by atoms with van der Waals surface area (Å²) in [5.41, 5.74) is 4.50. The Bertz CT molecular complexity index is 524. The molecule has 1 N–H and O–H groups in total. The Labute approximate surface area is 129 Å². The van der Waals surface area contributed by atoms with Gasteiger partial charge in [0.2, 0.25) is 0 Å². The molecule has 1 aliphatic rings. The average molecular weight is 306 g/mol. The van der Waals surface area contributed by atoms with Gasteiger partial charge in [-0.2, -0.15) is 0 Å². The number of aryl methyl sites for hydroxylation is 2. The van der Waals surface area contributed by atoms with Crippen LogP contribution in [-0.2, 0) is 16.2 Å². The molecule has 1 fully saturated rings. The lowest BCUT2D eigenvalue weighted by Gasteiger charge is -2.24. The summed E-state index contributed by atoms with van der Waals surface area (Å²) in [5, 5.41) is 4.86. The third-order valence-corrected chi connectivity index (χ3v) is 5.01. The van der Waals surface area contributed by atoms with Crippen LogP contribution < -0.4 is 5.32 Å². The number of hydrogen-bond acceptors (Lipinski definition) is 4. The van der Waals surface area contributed by atoms with Crippen LogP contribution in [0.4, 0.5) is 5.69 Å². The minimum atomic E-state index is -1.16. The van der Waals surface area contributed by atoms with Crippen LogP contribution in [0.25, 0.3) is 6.08 Å². The molecule has 0 aliphatic carbocycles. The van der Waals surface area contributed by atoms with Gasteiger partial charge in [-0.25, -0.2) is 0 Å². The van der Waals surface area contributed by atoms with E-state index in [1.165, 1.54) is 0 Å². The molecule has 0 amide bonds. The molecule has 1 atom stereocenters. The van der Waals surface area contributed by atoms with Crippen molar-refractivity contribution in [3.63, 3.8) is 0 Å². The zero-order valence-electron chi connectivity index (χ0n) is 12.8. The van der Waals surface area contributed by atoms with Gasteiger partial charge in [0.15, 0.2) is 0 Å². The summed E-state index contributed by atoms with van der Waals surface area (Å²) in [6.07, 6.45) is 2.94. The molecule has 2 rings (SSSR count). The van der Waals surface area contributed by atoms with Gasteiger partial charge in [0.1, 0.15) is 11.2 Å². The first-order valence-electron chi connectivity index (χ1n) is 7.16. The summed E-state index contributed by atoms with van der Waals surface area (Å²) >= 11 is -1.16. The van der Waals surface area contributed by atoms with Crippen LogP contribution in [0.5, 0.6) is 0 Å². The highest BCUT2D eigenvalue weighted by Gasteiger charge is 2.24. The third-order valence-electron chi connectivity index (χ3n) is 3.77. The molecule has 1 aliphatic heterocycles. The van der Waals surface area contributed by atoms with Crippen molar-refractivity contribution in [3.05, 3.63) is 34.2 Å². The topological polar surface area (TPSA) is 55.4 Å². The molecule has 1 heterocycles. The summed E-state index contributed by atoms with van der Waals surface area (Å²) in [7, 11) is 1.90. The number of anilines is 1. The van der Waals surface area contributed by atoms with Crippen LogP contribution in [-0.4, -0.2) is 34.8 Å². The SMILES string of the molecule is CNc1cc(C)c(/C=C/[S@+]([O-])N2CCC(=O)CC2)c(C)c1. The van der Waals surface area contributed by atoms with Crippen molar-refractivity contribution >= 4 is 28.9 Å². The van der Waals surface area contributed by atoms with Gasteiger partial charge in [-0.15, -0.1) is 4.31 Å². The highest BCUT2D eigenvalue weighted by molar-refractivity contribution is 7.92. The second kappa shape index (κ2) is 7.11. The van der Waals surface area contributed by atoms with Crippen molar-refractivity contribution < 1.29 is 9.35 Å². The number of benzene rings is 1. The number of nitrogens with one attached hydrogen (secondary N) is 1. The number of ketones is 1. The standard InChI is InChI=1S/C16H22N2O2S/c1-12-10-14(17-3)11-13(2)16(12)6-9-21(20)18-7-4-15(19)5-8-18/h6,9-11,17H,4-5,7-8H2,1-3H3/b9-6+/t21-/m0/s1. The van der Waals surface area contributed by atoms with Crippen LogP contribution in [0, 0.1) is 13.8 Å². The predicted molar refractivity (Wildman–Crippen MR) is 88.5 cm³/mol. The molecule has 114 valence electrons. The quantitative estimate of drug-likeness (QED) is 0.869. The zero-order chi connectivity index (χ0) is 15.4. The third kappa shape index (κ3) is 4.09. The second-order valence-electron chi connectivity index (χ2n) is 5.32. The largest absolute Gasteiger partial charge is 0.593 e. The van der Waals surface area contributed by atoms with Crippen LogP contribution in [0.1, 0.15) is 29.5 Å². The summed E-state index contributed by atoms with van der Waals surface area (Å²) in [6, 6.07) is 4.16. The van der Waals surface area contributed by atoms with E-state index < -0.39 is 11.4 Å². The van der Waals surface area contributed by atoms with Gasteiger partial charge >= 0.3 is 0 Å². The van der Waals surface area contributed by atoms with Gasteiger partial charge in [0, 0.05) is 25.6 Å². The van der Waals surface area contributed by atoms with E-state index in [0.29, 0.717) is 25.9 Å². The van der Waals surface area contributed by atoms with Gasteiger partial charge in [0.05, 0.1) is 24.5 Å². The Morgan fingerprint density at radius 1 is 1.24 bits per heavy atom. The first-order chi connectivity index (χ1) is 10.0. The Hall–Kier alpha value is -1.30. The highest BCUT2D eigenvalue weighted by atomic mass is 32.2. The number of nitrogens with zero attached hydrogens (tertiary/aromatic N) is 1. The number of Topliss-reactive ketones (excluding diaryl/α,β-unsaturated/α-hetero) is 1. The summed E-state index contributed by atoms with van der Waals surface area (Å²) in [6.45, 7) is 5.28.